The molecule has 0 saturated carbocycles. The Balaban J connectivity index is 1.12. The lowest BCUT2D eigenvalue weighted by molar-refractivity contribution is 0.661. The molecule has 0 fully saturated rings. The molecule has 0 atom stereocenters. The van der Waals surface area contributed by atoms with Crippen LogP contribution in [0.5, 0.6) is 0 Å². The largest absolute Gasteiger partial charge is 0.248 e. The van der Waals surface area contributed by atoms with Crippen LogP contribution in [0, 0.1) is 0 Å². The molecular weight excluding hydrogens is 645 g/mol. The van der Waals surface area contributed by atoms with Crippen molar-refractivity contribution in [3.8, 4) is 67.7 Å². The number of fused-ring (bicyclic) bond motifs is 5. The van der Waals surface area contributed by atoms with Gasteiger partial charge in [-0.1, -0.05) is 159 Å². The molecule has 0 unspecified atom stereocenters. The Bertz CT molecular complexity index is 2840. The Morgan fingerprint density at radius 1 is 0.358 bits per heavy atom. The van der Waals surface area contributed by atoms with E-state index < -0.39 is 0 Å². The van der Waals surface area contributed by atoms with Crippen LogP contribution < -0.4 is 0 Å². The summed E-state index contributed by atoms with van der Waals surface area (Å²) in [7, 11) is 0. The second-order valence-corrected chi connectivity index (χ2v) is 14.3. The number of nitrogens with zero attached hydrogens (tertiary/aromatic N) is 4. The van der Waals surface area contributed by atoms with Crippen LogP contribution in [0.4, 0.5) is 0 Å². The zero-order valence-electron chi connectivity index (χ0n) is 29.5. The Kier molecular flexibility index (Phi) is 7.12. The maximum absolute atomic E-state index is 5.27. The van der Waals surface area contributed by atoms with Crippen molar-refractivity contribution in [3.05, 3.63) is 181 Å². The highest BCUT2D eigenvalue weighted by molar-refractivity contribution is 6.01. The highest BCUT2D eigenvalue weighted by Crippen LogP contribution is 2.50. The van der Waals surface area contributed by atoms with E-state index in [2.05, 4.69) is 147 Å². The van der Waals surface area contributed by atoms with Gasteiger partial charge in [-0.2, -0.15) is 0 Å². The Morgan fingerprint density at radius 2 is 0.925 bits per heavy atom. The predicted octanol–water partition coefficient (Wildman–Crippen LogP) is 12.2. The fourth-order valence-corrected chi connectivity index (χ4v) is 7.89. The van der Waals surface area contributed by atoms with Gasteiger partial charge in [0.1, 0.15) is 0 Å². The summed E-state index contributed by atoms with van der Waals surface area (Å²) in [4.78, 5) is 20.3. The third-order valence-corrected chi connectivity index (χ3v) is 10.7. The summed E-state index contributed by atoms with van der Waals surface area (Å²) < 4.78 is 0. The van der Waals surface area contributed by atoms with Gasteiger partial charge in [0.05, 0.1) is 11.2 Å². The molecule has 0 saturated heterocycles. The first-order valence-electron chi connectivity index (χ1n) is 18.1. The molecular formula is C49H34N4. The lowest BCUT2D eigenvalue weighted by Gasteiger charge is -2.22. The molecule has 9 aromatic rings. The minimum Gasteiger partial charge on any atom is -0.248 e. The highest BCUT2D eigenvalue weighted by atomic mass is 15.0. The lowest BCUT2D eigenvalue weighted by Crippen LogP contribution is -2.14. The fourth-order valence-electron chi connectivity index (χ4n) is 7.89. The summed E-state index contributed by atoms with van der Waals surface area (Å²) >= 11 is 0. The van der Waals surface area contributed by atoms with E-state index in [1.165, 1.54) is 27.6 Å². The third kappa shape index (κ3) is 5.30. The predicted molar refractivity (Wildman–Crippen MR) is 217 cm³/mol. The molecule has 53 heavy (non-hydrogen) atoms. The molecule has 7 aromatic carbocycles. The van der Waals surface area contributed by atoms with Gasteiger partial charge in [-0.3, -0.25) is 0 Å². The SMILES string of the molecule is CC1(C)c2ccccc2-c2cc3c(-c4ccc(-c5nc(-c6ccccc6)nc(-c6ccc7ccccc7c6)n5)cc4)cc(-c4ccccc4)nc3cc21. The van der Waals surface area contributed by atoms with Gasteiger partial charge in [-0.15, -0.1) is 0 Å². The Labute approximate surface area is 308 Å². The summed E-state index contributed by atoms with van der Waals surface area (Å²) in [5.41, 5.74) is 13.3. The maximum atomic E-state index is 5.27. The third-order valence-electron chi connectivity index (χ3n) is 10.7. The van der Waals surface area contributed by atoms with Crippen LogP contribution in [0.2, 0.25) is 0 Å². The average Bonchev–Trinajstić information content (AvgIpc) is 3.45. The molecule has 2 aromatic heterocycles. The first-order chi connectivity index (χ1) is 26.0. The van der Waals surface area contributed by atoms with Crippen LogP contribution in [-0.4, -0.2) is 19.9 Å². The molecule has 0 amide bonds. The van der Waals surface area contributed by atoms with E-state index in [0.29, 0.717) is 17.5 Å². The second kappa shape index (κ2) is 12.2. The lowest BCUT2D eigenvalue weighted by atomic mass is 9.82. The number of rotatable bonds is 5. The monoisotopic (exact) mass is 678 g/mol. The standard InChI is InChI=1S/C49H34N4/c1-49(2)42-20-12-11-19-38(42)40-28-41-39(29-44(33-14-5-3-6-15-33)50-45(41)30-43(40)49)32-22-24-35(25-23-32)47-51-46(34-16-7-4-8-17-34)52-48(53-47)37-26-21-31-13-9-10-18-36(31)27-37/h3-30H,1-2H3. The van der Waals surface area contributed by atoms with Crippen LogP contribution >= 0.6 is 0 Å². The van der Waals surface area contributed by atoms with Gasteiger partial charge < -0.3 is 0 Å². The normalized spacial score (nSPS) is 12.9. The molecule has 10 rings (SSSR count). The average molecular weight is 679 g/mol. The number of hydrogen-bond donors (Lipinski definition) is 0. The molecule has 0 aliphatic heterocycles. The van der Waals surface area contributed by atoms with Gasteiger partial charge in [0.25, 0.3) is 0 Å². The van der Waals surface area contributed by atoms with E-state index >= 15 is 0 Å². The van der Waals surface area contributed by atoms with Gasteiger partial charge in [0, 0.05) is 33.1 Å². The number of benzene rings is 7. The smallest absolute Gasteiger partial charge is 0.164 e. The minimum atomic E-state index is -0.110. The van der Waals surface area contributed by atoms with Crippen LogP contribution in [-0.2, 0) is 5.41 Å². The highest BCUT2D eigenvalue weighted by Gasteiger charge is 2.35. The summed E-state index contributed by atoms with van der Waals surface area (Å²) in [6.07, 6.45) is 0. The first-order valence-corrected chi connectivity index (χ1v) is 18.1. The van der Waals surface area contributed by atoms with Crippen molar-refractivity contribution in [3.63, 3.8) is 0 Å². The fraction of sp³-hybridized carbons (Fsp3) is 0.0612. The summed E-state index contributed by atoms with van der Waals surface area (Å²) in [6, 6.07) is 59.7. The molecule has 0 radical (unpaired) electrons. The molecule has 1 aliphatic carbocycles. The number of hydrogen-bond acceptors (Lipinski definition) is 4. The van der Waals surface area contributed by atoms with Gasteiger partial charge >= 0.3 is 0 Å². The number of aromatic nitrogens is 4. The second-order valence-electron chi connectivity index (χ2n) is 14.3. The van der Waals surface area contributed by atoms with Crippen molar-refractivity contribution < 1.29 is 0 Å². The molecule has 1 aliphatic rings. The van der Waals surface area contributed by atoms with Crippen molar-refractivity contribution in [1.82, 2.24) is 19.9 Å². The van der Waals surface area contributed by atoms with Gasteiger partial charge in [-0.25, -0.2) is 19.9 Å². The molecule has 0 bridgehead atoms. The van der Waals surface area contributed by atoms with Crippen LogP contribution in [0.25, 0.3) is 89.4 Å². The molecule has 0 N–H and O–H groups in total. The van der Waals surface area contributed by atoms with E-state index in [-0.39, 0.29) is 5.41 Å². The zero-order chi connectivity index (χ0) is 35.5. The summed E-state index contributed by atoms with van der Waals surface area (Å²) in [5, 5.41) is 3.46. The van der Waals surface area contributed by atoms with Crippen molar-refractivity contribution in [2.45, 2.75) is 19.3 Å². The van der Waals surface area contributed by atoms with E-state index in [1.807, 2.05) is 36.4 Å². The summed E-state index contributed by atoms with van der Waals surface area (Å²) in [5.74, 6) is 1.93. The van der Waals surface area contributed by atoms with Crippen molar-refractivity contribution in [1.29, 1.82) is 0 Å². The molecule has 4 heteroatoms. The Morgan fingerprint density at radius 3 is 1.66 bits per heavy atom. The van der Waals surface area contributed by atoms with Crippen LogP contribution in [0.3, 0.4) is 0 Å². The topological polar surface area (TPSA) is 51.6 Å². The summed E-state index contributed by atoms with van der Waals surface area (Å²) in [6.45, 7) is 4.64. The van der Waals surface area contributed by atoms with Crippen molar-refractivity contribution >= 4 is 21.7 Å². The zero-order valence-corrected chi connectivity index (χ0v) is 29.5. The van der Waals surface area contributed by atoms with Gasteiger partial charge in [0.2, 0.25) is 0 Å². The molecule has 0 spiro atoms. The van der Waals surface area contributed by atoms with E-state index in [9.17, 15) is 0 Å². The quantitative estimate of drug-likeness (QED) is 0.182. The van der Waals surface area contributed by atoms with E-state index in [0.717, 1.165) is 55.4 Å². The Hall–Kier alpha value is -6.78. The van der Waals surface area contributed by atoms with Crippen LogP contribution in [0.1, 0.15) is 25.0 Å². The molecule has 250 valence electrons. The van der Waals surface area contributed by atoms with Gasteiger partial charge in [-0.05, 0) is 68.4 Å². The van der Waals surface area contributed by atoms with E-state index in [4.69, 9.17) is 19.9 Å². The van der Waals surface area contributed by atoms with E-state index in [1.54, 1.807) is 0 Å². The van der Waals surface area contributed by atoms with Crippen LogP contribution in [0.15, 0.2) is 170 Å². The first kappa shape index (κ1) is 31.0. The maximum Gasteiger partial charge on any atom is 0.164 e. The van der Waals surface area contributed by atoms with Gasteiger partial charge in [0.15, 0.2) is 17.5 Å². The van der Waals surface area contributed by atoms with Crippen molar-refractivity contribution in [2.75, 3.05) is 0 Å². The number of pyridine rings is 1. The minimum absolute atomic E-state index is 0.110. The molecule has 4 nitrogen and oxygen atoms in total. The van der Waals surface area contributed by atoms with Crippen molar-refractivity contribution in [2.24, 2.45) is 0 Å². The molecule has 2 heterocycles.